The molecule has 2 atom stereocenters. The van der Waals surface area contributed by atoms with Crippen LogP contribution in [-0.4, -0.2) is 34.6 Å². The van der Waals surface area contributed by atoms with Gasteiger partial charge in [-0.3, -0.25) is 9.48 Å². The predicted octanol–water partition coefficient (Wildman–Crippen LogP) is 10.6. The van der Waals surface area contributed by atoms with Crippen LogP contribution in [0.5, 0.6) is 0 Å². The maximum atomic E-state index is 9.75. The molecule has 0 unspecified atom stereocenters. The van der Waals surface area contributed by atoms with E-state index in [-0.39, 0.29) is 11.0 Å². The van der Waals surface area contributed by atoms with E-state index in [4.69, 9.17) is 0 Å². The maximum Gasteiger partial charge on any atom is 0.673 e. The van der Waals surface area contributed by atoms with Gasteiger partial charge in [0, 0.05) is 16.5 Å². The summed E-state index contributed by atoms with van der Waals surface area (Å²) in [6.07, 6.45) is 4.93. The number of benzene rings is 6. The zero-order chi connectivity index (χ0) is 32.3. The van der Waals surface area contributed by atoms with Crippen molar-refractivity contribution in [3.63, 3.8) is 0 Å². The summed E-state index contributed by atoms with van der Waals surface area (Å²) >= 11 is 0. The monoisotopic (exact) mass is 620 g/mol. The van der Waals surface area contributed by atoms with Crippen molar-refractivity contribution in [1.29, 1.82) is 0 Å². The van der Waals surface area contributed by atoms with Crippen molar-refractivity contribution in [3.05, 3.63) is 120 Å². The van der Waals surface area contributed by atoms with Crippen LogP contribution in [0.15, 0.2) is 109 Å². The third-order valence-corrected chi connectivity index (χ3v) is 10.9. The molecular formula is C39H37BF4N2. The summed E-state index contributed by atoms with van der Waals surface area (Å²) in [7, 11) is -6.00. The molecule has 0 amide bonds. The average Bonchev–Trinajstić information content (AvgIpc) is 3.16. The molecule has 2 nitrogen and oxygen atoms in total. The fourth-order valence-electron chi connectivity index (χ4n) is 8.22. The minimum atomic E-state index is -6.00. The Bertz CT molecular complexity index is 2020. The highest BCUT2D eigenvalue weighted by Gasteiger charge is 2.63. The van der Waals surface area contributed by atoms with Crippen molar-refractivity contribution in [2.45, 2.75) is 58.3 Å². The molecule has 1 aliphatic carbocycles. The molecular weight excluding hydrogens is 583 g/mol. The third-order valence-electron chi connectivity index (χ3n) is 10.9. The molecule has 0 aromatic heterocycles. The Kier molecular flexibility index (Phi) is 7.34. The lowest BCUT2D eigenvalue weighted by atomic mass is 9.71. The molecule has 1 heterocycles. The minimum Gasteiger partial charge on any atom is -0.418 e. The van der Waals surface area contributed by atoms with Gasteiger partial charge in [0.1, 0.15) is 24.7 Å². The predicted molar refractivity (Wildman–Crippen MR) is 184 cm³/mol. The average molecular weight is 621 g/mol. The number of hydrogen-bond acceptors (Lipinski definition) is 1. The van der Waals surface area contributed by atoms with Crippen LogP contribution < -0.4 is 0 Å². The van der Waals surface area contributed by atoms with E-state index in [0.717, 1.165) is 13.1 Å². The first kappa shape index (κ1) is 30.3. The number of rotatable bonds is 4. The Labute approximate surface area is 267 Å². The maximum absolute atomic E-state index is 9.75. The first-order valence-electron chi connectivity index (χ1n) is 16.0. The highest BCUT2D eigenvalue weighted by Crippen LogP contribution is 2.53. The Balaban J connectivity index is 0.000000630. The lowest BCUT2D eigenvalue weighted by Gasteiger charge is -2.47. The zero-order valence-electron chi connectivity index (χ0n) is 26.4. The van der Waals surface area contributed by atoms with E-state index in [1.807, 2.05) is 0 Å². The van der Waals surface area contributed by atoms with Gasteiger partial charge in [-0.25, -0.2) is 0 Å². The van der Waals surface area contributed by atoms with Gasteiger partial charge in [-0.05, 0) is 75.0 Å². The summed E-state index contributed by atoms with van der Waals surface area (Å²) in [6.45, 7) is 9.36. The summed E-state index contributed by atoms with van der Waals surface area (Å²) in [5, 5.41) is 10.8. The van der Waals surface area contributed by atoms with Crippen LogP contribution in [0.1, 0.15) is 44.7 Å². The zero-order valence-corrected chi connectivity index (χ0v) is 26.4. The fourth-order valence-corrected chi connectivity index (χ4v) is 8.22. The molecule has 0 saturated heterocycles. The molecule has 0 N–H and O–H groups in total. The third kappa shape index (κ3) is 5.20. The molecule has 0 spiro atoms. The van der Waals surface area contributed by atoms with Crippen LogP contribution in [0, 0.1) is 5.41 Å². The summed E-state index contributed by atoms with van der Waals surface area (Å²) in [4.78, 5) is 2.71. The second kappa shape index (κ2) is 11.1. The smallest absolute Gasteiger partial charge is 0.418 e. The Morgan fingerprint density at radius 3 is 1.48 bits per heavy atom. The largest absolute Gasteiger partial charge is 0.673 e. The molecule has 8 rings (SSSR count). The van der Waals surface area contributed by atoms with Crippen molar-refractivity contribution >= 4 is 56.7 Å². The van der Waals surface area contributed by atoms with Crippen molar-refractivity contribution in [3.8, 4) is 0 Å². The summed E-state index contributed by atoms with van der Waals surface area (Å²) < 4.78 is 41.7. The van der Waals surface area contributed by atoms with Crippen LogP contribution in [0.3, 0.4) is 0 Å². The van der Waals surface area contributed by atoms with Crippen LogP contribution in [-0.2, 0) is 13.1 Å². The molecule has 6 aromatic carbocycles. The SMILES string of the molecule is CC1(C)[C@@H]2CC[C@@]1(C)N(Cc1c3ccccc3cc3ccccc13)C=[N+]2Cc1c2ccccc2cc2ccccc12.F[B-](F)(F)F. The van der Waals surface area contributed by atoms with Crippen LogP contribution in [0.25, 0.3) is 43.1 Å². The van der Waals surface area contributed by atoms with E-state index in [0.29, 0.717) is 6.04 Å². The molecule has 6 aromatic rings. The lowest BCUT2D eigenvalue weighted by Crippen LogP contribution is -2.61. The lowest BCUT2D eigenvalue weighted by molar-refractivity contribution is -0.601. The number of fused-ring (bicyclic) bond motifs is 6. The standard InChI is InChI=1S/C39H37N2.BF4/c1-38(2)37-20-21-39(38,3)41(25-36-33-18-10-6-14-29(33)23-30-15-7-11-19-34(30)36)26-40(37)24-35-31-16-8-4-12-27(31)22-28-13-5-9-17-32(28)35;2-1(3,4)5/h4-19,22-23,26,37H,20-21,24-25H2,1-3H3;/q+1;-1/t37-,39+;/m0./s1. The van der Waals surface area contributed by atoms with Crippen molar-refractivity contribution in [2.75, 3.05) is 0 Å². The second-order valence-electron chi connectivity index (χ2n) is 13.6. The van der Waals surface area contributed by atoms with Crippen LogP contribution in [0.4, 0.5) is 17.3 Å². The normalized spacial score (nSPS) is 20.6. The van der Waals surface area contributed by atoms with Crippen molar-refractivity contribution in [2.24, 2.45) is 5.41 Å². The second-order valence-corrected chi connectivity index (χ2v) is 13.6. The molecule has 2 bridgehead atoms. The minimum absolute atomic E-state index is 0.0903. The van der Waals surface area contributed by atoms with Gasteiger partial charge in [0.05, 0.1) is 0 Å². The number of nitrogens with zero attached hydrogens (tertiary/aromatic N) is 2. The van der Waals surface area contributed by atoms with E-state index in [2.05, 4.69) is 146 Å². The van der Waals surface area contributed by atoms with Gasteiger partial charge >= 0.3 is 7.25 Å². The summed E-state index contributed by atoms with van der Waals surface area (Å²) in [5.41, 5.74) is 3.11. The van der Waals surface area contributed by atoms with Gasteiger partial charge in [0.15, 0.2) is 0 Å². The summed E-state index contributed by atoms with van der Waals surface area (Å²) in [5.74, 6) is 0. The van der Waals surface area contributed by atoms with E-state index >= 15 is 0 Å². The number of hydrogen-bond donors (Lipinski definition) is 0. The van der Waals surface area contributed by atoms with Crippen molar-refractivity contribution in [1.82, 2.24) is 4.90 Å². The van der Waals surface area contributed by atoms with Crippen LogP contribution >= 0.6 is 0 Å². The molecule has 234 valence electrons. The fraction of sp³-hybridized carbons (Fsp3) is 0.256. The Morgan fingerprint density at radius 1 is 0.652 bits per heavy atom. The molecule has 1 aliphatic heterocycles. The molecule has 2 aliphatic rings. The Hall–Kier alpha value is -4.39. The van der Waals surface area contributed by atoms with E-state index in [1.54, 1.807) is 0 Å². The van der Waals surface area contributed by atoms with E-state index in [9.17, 15) is 17.3 Å². The molecule has 46 heavy (non-hydrogen) atoms. The van der Waals surface area contributed by atoms with Crippen LogP contribution in [0.2, 0.25) is 0 Å². The highest BCUT2D eigenvalue weighted by atomic mass is 19.5. The van der Waals surface area contributed by atoms with E-state index < -0.39 is 7.25 Å². The van der Waals surface area contributed by atoms with Crippen molar-refractivity contribution < 1.29 is 21.8 Å². The van der Waals surface area contributed by atoms with Gasteiger partial charge in [0.25, 0.3) is 0 Å². The molecule has 0 radical (unpaired) electrons. The topological polar surface area (TPSA) is 6.25 Å². The quantitative estimate of drug-likeness (QED) is 0.0823. The van der Waals surface area contributed by atoms with Gasteiger partial charge in [-0.1, -0.05) is 111 Å². The molecule has 1 fully saturated rings. The van der Waals surface area contributed by atoms with Gasteiger partial charge in [0.2, 0.25) is 6.34 Å². The first-order chi connectivity index (χ1) is 21.9. The highest BCUT2D eigenvalue weighted by molar-refractivity contribution is 6.50. The first-order valence-corrected chi connectivity index (χ1v) is 16.0. The van der Waals surface area contributed by atoms with Gasteiger partial charge in [-0.15, -0.1) is 0 Å². The Morgan fingerprint density at radius 2 is 1.04 bits per heavy atom. The van der Waals surface area contributed by atoms with Gasteiger partial charge in [-0.2, -0.15) is 0 Å². The number of halogens is 4. The molecule has 7 heteroatoms. The van der Waals surface area contributed by atoms with Gasteiger partial charge < -0.3 is 17.3 Å². The summed E-state index contributed by atoms with van der Waals surface area (Å²) in [6, 6.07) is 40.9. The molecule has 1 saturated carbocycles. The van der Waals surface area contributed by atoms with E-state index in [1.165, 1.54) is 67.1 Å².